The number of hydrogen-bond acceptors (Lipinski definition) is 3. The summed E-state index contributed by atoms with van der Waals surface area (Å²) in [5.41, 5.74) is 1.01. The van der Waals surface area contributed by atoms with Crippen molar-refractivity contribution >= 4 is 17.7 Å². The molecule has 0 spiro atoms. The van der Waals surface area contributed by atoms with Crippen molar-refractivity contribution in [3.8, 4) is 0 Å². The van der Waals surface area contributed by atoms with Gasteiger partial charge in [-0.15, -0.1) is 0 Å². The summed E-state index contributed by atoms with van der Waals surface area (Å²) < 4.78 is 4.58. The minimum atomic E-state index is -0.171. The molecule has 1 saturated heterocycles. The van der Waals surface area contributed by atoms with Crippen LogP contribution in [0.5, 0.6) is 0 Å². The Bertz CT molecular complexity index is 195. The average molecular weight is 200 g/mol. The Morgan fingerprint density at radius 3 is 3.00 bits per heavy atom. The van der Waals surface area contributed by atoms with Crippen molar-refractivity contribution in [3.05, 3.63) is 12.2 Å². The zero-order valence-electron chi connectivity index (χ0n) is 8.04. The molecule has 0 radical (unpaired) electrons. The number of carbonyl (C=O) groups is 1. The number of methoxy groups -OCH3 is 1. The van der Waals surface area contributed by atoms with Gasteiger partial charge < -0.3 is 4.74 Å². The second-order valence-corrected chi connectivity index (χ2v) is 4.59. The smallest absolute Gasteiger partial charge is 0.309 e. The molecule has 74 valence electrons. The fourth-order valence-corrected chi connectivity index (χ4v) is 2.79. The fourth-order valence-electron chi connectivity index (χ4n) is 1.50. The largest absolute Gasteiger partial charge is 0.469 e. The highest BCUT2D eigenvalue weighted by molar-refractivity contribution is 7.99. The highest BCUT2D eigenvalue weighted by Gasteiger charge is 2.17. The molecule has 2 nitrogen and oxygen atoms in total. The molecule has 0 bridgehead atoms. The molecule has 1 heterocycles. The third-order valence-corrected chi connectivity index (χ3v) is 3.45. The topological polar surface area (TPSA) is 26.3 Å². The summed E-state index contributed by atoms with van der Waals surface area (Å²) in [6, 6.07) is 0. The lowest BCUT2D eigenvalue weighted by Crippen LogP contribution is -2.05. The van der Waals surface area contributed by atoms with Gasteiger partial charge in [-0.25, -0.2) is 0 Å². The van der Waals surface area contributed by atoms with E-state index in [9.17, 15) is 4.79 Å². The molecule has 1 aliphatic rings. The SMILES string of the molecule is C=C(CC(=O)OC)CC1CCSC1. The van der Waals surface area contributed by atoms with Crippen LogP contribution in [0.15, 0.2) is 12.2 Å². The van der Waals surface area contributed by atoms with Crippen LogP contribution < -0.4 is 0 Å². The Morgan fingerprint density at radius 1 is 1.69 bits per heavy atom. The van der Waals surface area contributed by atoms with Crippen LogP contribution in [0, 0.1) is 5.92 Å². The molecule has 1 aliphatic heterocycles. The second kappa shape index (κ2) is 5.32. The number of hydrogen-bond donors (Lipinski definition) is 0. The van der Waals surface area contributed by atoms with Gasteiger partial charge in [0.2, 0.25) is 0 Å². The van der Waals surface area contributed by atoms with Gasteiger partial charge in [0, 0.05) is 0 Å². The molecule has 1 rings (SSSR count). The van der Waals surface area contributed by atoms with Gasteiger partial charge in [-0.2, -0.15) is 11.8 Å². The number of rotatable bonds is 4. The lowest BCUT2D eigenvalue weighted by Gasteiger charge is -2.09. The van der Waals surface area contributed by atoms with E-state index >= 15 is 0 Å². The summed E-state index contributed by atoms with van der Waals surface area (Å²) >= 11 is 1.99. The van der Waals surface area contributed by atoms with E-state index < -0.39 is 0 Å². The van der Waals surface area contributed by atoms with Crippen molar-refractivity contribution < 1.29 is 9.53 Å². The first-order valence-corrected chi connectivity index (χ1v) is 5.69. The van der Waals surface area contributed by atoms with Crippen LogP contribution in [0.3, 0.4) is 0 Å². The Hall–Kier alpha value is -0.440. The summed E-state index contributed by atoms with van der Waals surface area (Å²) in [5.74, 6) is 3.05. The molecule has 0 amide bonds. The zero-order chi connectivity index (χ0) is 9.68. The fraction of sp³-hybridized carbons (Fsp3) is 0.700. The van der Waals surface area contributed by atoms with Crippen LogP contribution in [0.2, 0.25) is 0 Å². The summed E-state index contributed by atoms with van der Waals surface area (Å²) in [5, 5.41) is 0. The standard InChI is InChI=1S/C10H16O2S/c1-8(6-10(11)12-2)5-9-3-4-13-7-9/h9H,1,3-7H2,2H3. The van der Waals surface area contributed by atoms with Gasteiger partial charge in [-0.1, -0.05) is 12.2 Å². The molecular formula is C10H16O2S. The number of ether oxygens (including phenoxy) is 1. The molecule has 0 aliphatic carbocycles. The van der Waals surface area contributed by atoms with E-state index in [0.29, 0.717) is 6.42 Å². The van der Waals surface area contributed by atoms with Crippen LogP contribution >= 0.6 is 11.8 Å². The van der Waals surface area contributed by atoms with Crippen molar-refractivity contribution in [1.82, 2.24) is 0 Å². The Balaban J connectivity index is 2.20. The van der Waals surface area contributed by atoms with Crippen LogP contribution in [-0.2, 0) is 9.53 Å². The van der Waals surface area contributed by atoms with Gasteiger partial charge >= 0.3 is 5.97 Å². The molecule has 1 fully saturated rings. The number of thioether (sulfide) groups is 1. The molecule has 1 atom stereocenters. The first-order valence-electron chi connectivity index (χ1n) is 4.53. The van der Waals surface area contributed by atoms with Gasteiger partial charge in [0.1, 0.15) is 0 Å². The maximum absolute atomic E-state index is 10.9. The molecule has 13 heavy (non-hydrogen) atoms. The van der Waals surface area contributed by atoms with Gasteiger partial charge in [-0.05, 0) is 30.3 Å². The molecule has 0 N–H and O–H groups in total. The molecule has 1 unspecified atom stereocenters. The maximum Gasteiger partial charge on any atom is 0.309 e. The molecule has 0 saturated carbocycles. The Kier molecular flexibility index (Phi) is 4.36. The first kappa shape index (κ1) is 10.6. The number of esters is 1. The third kappa shape index (κ3) is 3.85. The van der Waals surface area contributed by atoms with E-state index in [1.54, 1.807) is 0 Å². The summed E-state index contributed by atoms with van der Waals surface area (Å²) in [4.78, 5) is 10.9. The highest BCUT2D eigenvalue weighted by atomic mass is 32.2. The van der Waals surface area contributed by atoms with E-state index in [4.69, 9.17) is 0 Å². The first-order chi connectivity index (χ1) is 6.22. The second-order valence-electron chi connectivity index (χ2n) is 3.44. The van der Waals surface area contributed by atoms with E-state index in [0.717, 1.165) is 17.9 Å². The maximum atomic E-state index is 10.9. The molecule has 0 aromatic heterocycles. The van der Waals surface area contributed by atoms with Crippen LogP contribution in [0.1, 0.15) is 19.3 Å². The molecule has 0 aromatic carbocycles. The van der Waals surface area contributed by atoms with E-state index in [2.05, 4.69) is 11.3 Å². The Morgan fingerprint density at radius 2 is 2.46 bits per heavy atom. The van der Waals surface area contributed by atoms with Crippen molar-refractivity contribution in [3.63, 3.8) is 0 Å². The quantitative estimate of drug-likeness (QED) is 0.514. The average Bonchev–Trinajstić information content (AvgIpc) is 2.56. The minimum Gasteiger partial charge on any atom is -0.469 e. The third-order valence-electron chi connectivity index (χ3n) is 2.22. The minimum absolute atomic E-state index is 0.171. The van der Waals surface area contributed by atoms with Crippen molar-refractivity contribution in [2.45, 2.75) is 19.3 Å². The normalized spacial score (nSPS) is 21.5. The van der Waals surface area contributed by atoms with E-state index in [-0.39, 0.29) is 5.97 Å². The number of carbonyl (C=O) groups excluding carboxylic acids is 1. The predicted octanol–water partition coefficient (Wildman–Crippen LogP) is 2.25. The van der Waals surface area contributed by atoms with Gasteiger partial charge in [0.15, 0.2) is 0 Å². The highest BCUT2D eigenvalue weighted by Crippen LogP contribution is 2.28. The van der Waals surface area contributed by atoms with Gasteiger partial charge in [0.25, 0.3) is 0 Å². The van der Waals surface area contributed by atoms with Crippen molar-refractivity contribution in [1.29, 1.82) is 0 Å². The molecule has 3 heteroatoms. The summed E-state index contributed by atoms with van der Waals surface area (Å²) in [7, 11) is 1.42. The summed E-state index contributed by atoms with van der Waals surface area (Å²) in [6.07, 6.45) is 2.64. The van der Waals surface area contributed by atoms with E-state index in [1.165, 1.54) is 25.0 Å². The van der Waals surface area contributed by atoms with Gasteiger partial charge in [-0.3, -0.25) is 4.79 Å². The van der Waals surface area contributed by atoms with E-state index in [1.807, 2.05) is 11.8 Å². The zero-order valence-corrected chi connectivity index (χ0v) is 8.86. The van der Waals surface area contributed by atoms with Crippen LogP contribution in [0.4, 0.5) is 0 Å². The van der Waals surface area contributed by atoms with Gasteiger partial charge in [0.05, 0.1) is 13.5 Å². The Labute approximate surface area is 83.7 Å². The molecular weight excluding hydrogens is 184 g/mol. The predicted molar refractivity (Wildman–Crippen MR) is 55.8 cm³/mol. The lowest BCUT2D eigenvalue weighted by atomic mass is 9.98. The summed E-state index contributed by atoms with van der Waals surface area (Å²) in [6.45, 7) is 3.90. The monoisotopic (exact) mass is 200 g/mol. The lowest BCUT2D eigenvalue weighted by molar-refractivity contribution is -0.139. The van der Waals surface area contributed by atoms with Crippen LogP contribution in [-0.4, -0.2) is 24.6 Å². The molecule has 0 aromatic rings. The van der Waals surface area contributed by atoms with Crippen molar-refractivity contribution in [2.24, 2.45) is 5.92 Å². The van der Waals surface area contributed by atoms with Crippen molar-refractivity contribution in [2.75, 3.05) is 18.6 Å². The van der Waals surface area contributed by atoms with Crippen LogP contribution in [0.25, 0.3) is 0 Å².